The third-order valence-corrected chi connectivity index (χ3v) is 4.34. The average molecular weight is 312 g/mol. The second-order valence-electron chi connectivity index (χ2n) is 4.74. The van der Waals surface area contributed by atoms with Crippen LogP contribution in [-0.4, -0.2) is 8.42 Å². The van der Waals surface area contributed by atoms with Crippen molar-refractivity contribution in [1.82, 2.24) is 0 Å². The summed E-state index contributed by atoms with van der Waals surface area (Å²) in [6, 6.07) is 6.63. The standard InChI is InChI=1S/C14H14F2N2O2S/c1-8-3-4-9(2)13(5-8)18-21(19,20)14-11(15)6-10(17)7-12(14)16/h3-7,18H,17H2,1-2H3. The van der Waals surface area contributed by atoms with Gasteiger partial charge in [0, 0.05) is 5.69 Å². The van der Waals surface area contributed by atoms with E-state index in [0.29, 0.717) is 5.56 Å². The minimum atomic E-state index is -4.39. The lowest BCUT2D eigenvalue weighted by molar-refractivity contribution is 0.522. The van der Waals surface area contributed by atoms with Crippen LogP contribution in [-0.2, 0) is 10.0 Å². The zero-order chi connectivity index (χ0) is 15.8. The Labute approximate surface area is 121 Å². The maximum absolute atomic E-state index is 13.8. The summed E-state index contributed by atoms with van der Waals surface area (Å²) < 4.78 is 54.1. The van der Waals surface area contributed by atoms with Gasteiger partial charge in [0.15, 0.2) is 4.90 Å². The number of nitrogens with two attached hydrogens (primary N) is 1. The molecule has 7 heteroatoms. The predicted octanol–water partition coefficient (Wildman–Crippen LogP) is 2.96. The predicted molar refractivity (Wildman–Crippen MR) is 77.5 cm³/mol. The molecule has 0 aliphatic rings. The van der Waals surface area contributed by atoms with Gasteiger partial charge in [-0.05, 0) is 43.2 Å². The summed E-state index contributed by atoms with van der Waals surface area (Å²) >= 11 is 0. The molecule has 0 atom stereocenters. The molecule has 0 unspecified atom stereocenters. The normalized spacial score (nSPS) is 11.4. The first kappa shape index (κ1) is 15.2. The van der Waals surface area contributed by atoms with Gasteiger partial charge in [0.1, 0.15) is 11.6 Å². The zero-order valence-corrected chi connectivity index (χ0v) is 12.3. The first-order valence-electron chi connectivity index (χ1n) is 6.05. The highest BCUT2D eigenvalue weighted by Crippen LogP contribution is 2.26. The molecule has 112 valence electrons. The van der Waals surface area contributed by atoms with Crippen LogP contribution in [0.15, 0.2) is 35.2 Å². The van der Waals surface area contributed by atoms with E-state index in [1.165, 1.54) is 0 Å². The molecule has 0 radical (unpaired) electrons. The topological polar surface area (TPSA) is 72.2 Å². The molecule has 21 heavy (non-hydrogen) atoms. The Morgan fingerprint density at radius 3 is 2.19 bits per heavy atom. The lowest BCUT2D eigenvalue weighted by atomic mass is 10.1. The maximum atomic E-state index is 13.8. The highest BCUT2D eigenvalue weighted by molar-refractivity contribution is 7.92. The molecule has 0 aliphatic carbocycles. The van der Waals surface area contributed by atoms with E-state index in [1.54, 1.807) is 32.0 Å². The molecule has 2 rings (SSSR count). The van der Waals surface area contributed by atoms with E-state index in [1.807, 2.05) is 0 Å². The Balaban J connectivity index is 2.51. The Morgan fingerprint density at radius 1 is 1.05 bits per heavy atom. The molecule has 0 aliphatic heterocycles. The van der Waals surface area contributed by atoms with Crippen LogP contribution in [0.4, 0.5) is 20.2 Å². The van der Waals surface area contributed by atoms with Gasteiger partial charge in [0.05, 0.1) is 5.69 Å². The van der Waals surface area contributed by atoms with Gasteiger partial charge in [0.2, 0.25) is 0 Å². The van der Waals surface area contributed by atoms with Crippen LogP contribution < -0.4 is 10.5 Å². The van der Waals surface area contributed by atoms with Crippen molar-refractivity contribution in [2.24, 2.45) is 0 Å². The Kier molecular flexibility index (Phi) is 3.87. The first-order chi connectivity index (χ1) is 9.70. The third kappa shape index (κ3) is 3.13. The van der Waals surface area contributed by atoms with E-state index < -0.39 is 26.6 Å². The molecule has 0 saturated heterocycles. The Morgan fingerprint density at radius 2 is 1.62 bits per heavy atom. The lowest BCUT2D eigenvalue weighted by Gasteiger charge is -2.12. The van der Waals surface area contributed by atoms with Gasteiger partial charge in [-0.15, -0.1) is 0 Å². The number of halogens is 2. The number of benzene rings is 2. The third-order valence-electron chi connectivity index (χ3n) is 2.93. The van der Waals surface area contributed by atoms with Gasteiger partial charge in [0.25, 0.3) is 10.0 Å². The molecule has 3 N–H and O–H groups in total. The summed E-state index contributed by atoms with van der Waals surface area (Å²) in [7, 11) is -4.39. The summed E-state index contributed by atoms with van der Waals surface area (Å²) in [5.74, 6) is -2.46. The van der Waals surface area contributed by atoms with E-state index in [0.717, 1.165) is 17.7 Å². The molecule has 2 aromatic carbocycles. The fourth-order valence-electron chi connectivity index (χ4n) is 1.88. The van der Waals surface area contributed by atoms with Crippen LogP contribution in [0.25, 0.3) is 0 Å². The quantitative estimate of drug-likeness (QED) is 0.856. The lowest BCUT2D eigenvalue weighted by Crippen LogP contribution is -2.17. The van der Waals surface area contributed by atoms with E-state index in [4.69, 9.17) is 5.73 Å². The zero-order valence-electron chi connectivity index (χ0n) is 11.4. The molecular weight excluding hydrogens is 298 g/mol. The van der Waals surface area contributed by atoms with E-state index >= 15 is 0 Å². The van der Waals surface area contributed by atoms with Crippen molar-refractivity contribution >= 4 is 21.4 Å². The van der Waals surface area contributed by atoms with Gasteiger partial charge >= 0.3 is 0 Å². The molecule has 0 spiro atoms. The fourth-order valence-corrected chi connectivity index (χ4v) is 3.12. The number of rotatable bonds is 3. The summed E-state index contributed by atoms with van der Waals surface area (Å²) in [6.07, 6.45) is 0. The molecule has 4 nitrogen and oxygen atoms in total. The van der Waals surface area contributed by atoms with Crippen molar-refractivity contribution in [2.45, 2.75) is 18.7 Å². The molecule has 0 aromatic heterocycles. The van der Waals surface area contributed by atoms with Crippen molar-refractivity contribution in [3.63, 3.8) is 0 Å². The summed E-state index contributed by atoms with van der Waals surface area (Å²) in [5, 5.41) is 0. The molecule has 0 fully saturated rings. The number of hydrogen-bond acceptors (Lipinski definition) is 3. The van der Waals surface area contributed by atoms with E-state index in [2.05, 4.69) is 4.72 Å². The van der Waals surface area contributed by atoms with E-state index in [9.17, 15) is 17.2 Å². The Bertz CT molecular complexity index is 782. The van der Waals surface area contributed by atoms with Crippen LogP contribution in [0.3, 0.4) is 0 Å². The summed E-state index contributed by atoms with van der Waals surface area (Å²) in [5.41, 5.74) is 6.81. The Hall–Kier alpha value is -2.15. The smallest absolute Gasteiger partial charge is 0.267 e. The minimum absolute atomic E-state index is 0.185. The van der Waals surface area contributed by atoms with Crippen molar-refractivity contribution in [2.75, 3.05) is 10.5 Å². The van der Waals surface area contributed by atoms with Crippen LogP contribution >= 0.6 is 0 Å². The monoisotopic (exact) mass is 312 g/mol. The molecule has 0 bridgehead atoms. The first-order valence-corrected chi connectivity index (χ1v) is 7.53. The van der Waals surface area contributed by atoms with Gasteiger partial charge < -0.3 is 5.73 Å². The minimum Gasteiger partial charge on any atom is -0.399 e. The van der Waals surface area contributed by atoms with Crippen LogP contribution in [0.5, 0.6) is 0 Å². The largest absolute Gasteiger partial charge is 0.399 e. The number of hydrogen-bond donors (Lipinski definition) is 2. The molecule has 0 saturated carbocycles. The average Bonchev–Trinajstić information content (AvgIpc) is 2.31. The molecule has 2 aromatic rings. The molecule has 0 amide bonds. The second kappa shape index (κ2) is 5.33. The SMILES string of the molecule is Cc1ccc(C)c(NS(=O)(=O)c2c(F)cc(N)cc2F)c1. The highest BCUT2D eigenvalue weighted by atomic mass is 32.2. The van der Waals surface area contributed by atoms with Gasteiger partial charge in [-0.2, -0.15) is 0 Å². The maximum Gasteiger partial charge on any atom is 0.267 e. The number of nitrogens with one attached hydrogen (secondary N) is 1. The van der Waals surface area contributed by atoms with Crippen LogP contribution in [0, 0.1) is 25.5 Å². The van der Waals surface area contributed by atoms with E-state index in [-0.39, 0.29) is 11.4 Å². The fraction of sp³-hybridized carbons (Fsp3) is 0.143. The molecule has 0 heterocycles. The molecular formula is C14H14F2N2O2S. The number of sulfonamides is 1. The second-order valence-corrected chi connectivity index (χ2v) is 6.36. The number of anilines is 2. The highest BCUT2D eigenvalue weighted by Gasteiger charge is 2.25. The van der Waals surface area contributed by atoms with Crippen molar-refractivity contribution in [3.8, 4) is 0 Å². The number of nitrogen functional groups attached to an aromatic ring is 1. The van der Waals surface area contributed by atoms with Gasteiger partial charge in [-0.1, -0.05) is 12.1 Å². The summed E-state index contributed by atoms with van der Waals surface area (Å²) in [4.78, 5) is -1.04. The van der Waals surface area contributed by atoms with Crippen molar-refractivity contribution in [1.29, 1.82) is 0 Å². The van der Waals surface area contributed by atoms with Crippen LogP contribution in [0.2, 0.25) is 0 Å². The summed E-state index contributed by atoms with van der Waals surface area (Å²) in [6.45, 7) is 3.47. The van der Waals surface area contributed by atoms with Crippen LogP contribution in [0.1, 0.15) is 11.1 Å². The van der Waals surface area contributed by atoms with Crippen molar-refractivity contribution in [3.05, 3.63) is 53.1 Å². The van der Waals surface area contributed by atoms with Gasteiger partial charge in [-0.25, -0.2) is 17.2 Å². The van der Waals surface area contributed by atoms with Crippen molar-refractivity contribution < 1.29 is 17.2 Å². The van der Waals surface area contributed by atoms with Gasteiger partial charge in [-0.3, -0.25) is 4.72 Å². The number of aryl methyl sites for hydroxylation is 2.